The lowest BCUT2D eigenvalue weighted by Gasteiger charge is -2.11. The molecule has 0 saturated carbocycles. The smallest absolute Gasteiger partial charge is 0.223 e. The SMILES string of the molecule is Cc1nc(CCn2cncc2C2CCNC2)no1. The number of nitrogens with one attached hydrogen (secondary N) is 1. The van der Waals surface area contributed by atoms with E-state index in [1.165, 1.54) is 12.1 Å². The third-order valence-corrected chi connectivity index (χ3v) is 3.37. The zero-order valence-electron chi connectivity index (χ0n) is 10.5. The highest BCUT2D eigenvalue weighted by atomic mass is 16.5. The quantitative estimate of drug-likeness (QED) is 0.869. The third-order valence-electron chi connectivity index (χ3n) is 3.37. The Morgan fingerprint density at radius 1 is 1.56 bits per heavy atom. The normalized spacial score (nSPS) is 19.5. The Hall–Kier alpha value is -1.69. The van der Waals surface area contributed by atoms with E-state index < -0.39 is 0 Å². The fourth-order valence-electron chi connectivity index (χ4n) is 2.43. The second-order valence-corrected chi connectivity index (χ2v) is 4.68. The van der Waals surface area contributed by atoms with Gasteiger partial charge in [-0.05, 0) is 13.0 Å². The van der Waals surface area contributed by atoms with Gasteiger partial charge in [-0.3, -0.25) is 0 Å². The van der Waals surface area contributed by atoms with Crippen molar-refractivity contribution >= 4 is 0 Å². The Balaban J connectivity index is 1.67. The number of imidazole rings is 1. The number of hydrogen-bond acceptors (Lipinski definition) is 5. The molecule has 0 aliphatic carbocycles. The van der Waals surface area contributed by atoms with Crippen LogP contribution in [0, 0.1) is 6.92 Å². The summed E-state index contributed by atoms with van der Waals surface area (Å²) in [6.45, 7) is 4.81. The largest absolute Gasteiger partial charge is 0.340 e. The molecule has 6 nitrogen and oxygen atoms in total. The minimum atomic E-state index is 0.583. The van der Waals surface area contributed by atoms with Crippen molar-refractivity contribution in [2.45, 2.75) is 32.2 Å². The van der Waals surface area contributed by atoms with Crippen LogP contribution in [0.1, 0.15) is 29.7 Å². The highest BCUT2D eigenvalue weighted by molar-refractivity contribution is 5.09. The maximum absolute atomic E-state index is 4.97. The van der Waals surface area contributed by atoms with Gasteiger partial charge in [-0.2, -0.15) is 4.98 Å². The van der Waals surface area contributed by atoms with Crippen LogP contribution < -0.4 is 5.32 Å². The summed E-state index contributed by atoms with van der Waals surface area (Å²) in [5.74, 6) is 1.96. The van der Waals surface area contributed by atoms with Crippen LogP contribution in [-0.4, -0.2) is 32.8 Å². The second kappa shape index (κ2) is 4.89. The summed E-state index contributed by atoms with van der Waals surface area (Å²) >= 11 is 0. The lowest BCUT2D eigenvalue weighted by Crippen LogP contribution is -2.12. The molecule has 1 N–H and O–H groups in total. The number of aromatic nitrogens is 4. The van der Waals surface area contributed by atoms with Crippen molar-refractivity contribution in [2.75, 3.05) is 13.1 Å². The van der Waals surface area contributed by atoms with Crippen LogP contribution in [0.3, 0.4) is 0 Å². The molecule has 3 rings (SSSR count). The molecule has 96 valence electrons. The molecule has 1 aliphatic heterocycles. The minimum Gasteiger partial charge on any atom is -0.340 e. The van der Waals surface area contributed by atoms with Gasteiger partial charge in [0.2, 0.25) is 5.89 Å². The zero-order valence-corrected chi connectivity index (χ0v) is 10.5. The van der Waals surface area contributed by atoms with Crippen LogP contribution in [0.2, 0.25) is 0 Å². The Morgan fingerprint density at radius 2 is 2.50 bits per heavy atom. The number of rotatable bonds is 4. The van der Waals surface area contributed by atoms with Crippen molar-refractivity contribution in [1.82, 2.24) is 25.0 Å². The molecule has 0 amide bonds. The van der Waals surface area contributed by atoms with Gasteiger partial charge in [-0.25, -0.2) is 4.98 Å². The maximum Gasteiger partial charge on any atom is 0.223 e. The molecule has 18 heavy (non-hydrogen) atoms. The molecular formula is C12H17N5O. The molecule has 1 unspecified atom stereocenters. The van der Waals surface area contributed by atoms with Crippen LogP contribution >= 0.6 is 0 Å². The van der Waals surface area contributed by atoms with E-state index in [9.17, 15) is 0 Å². The summed E-state index contributed by atoms with van der Waals surface area (Å²) in [4.78, 5) is 8.47. The topological polar surface area (TPSA) is 68.8 Å². The van der Waals surface area contributed by atoms with Gasteiger partial charge in [-0.1, -0.05) is 5.16 Å². The van der Waals surface area contributed by atoms with Gasteiger partial charge in [0.25, 0.3) is 0 Å². The van der Waals surface area contributed by atoms with E-state index >= 15 is 0 Å². The van der Waals surface area contributed by atoms with Gasteiger partial charge in [-0.15, -0.1) is 0 Å². The van der Waals surface area contributed by atoms with Gasteiger partial charge in [0.15, 0.2) is 5.82 Å². The summed E-state index contributed by atoms with van der Waals surface area (Å²) in [5.41, 5.74) is 1.31. The van der Waals surface area contributed by atoms with Crippen molar-refractivity contribution in [3.05, 3.63) is 29.9 Å². The third kappa shape index (κ3) is 2.28. The van der Waals surface area contributed by atoms with Crippen LogP contribution in [0.15, 0.2) is 17.0 Å². The first kappa shape index (κ1) is 11.4. The monoisotopic (exact) mass is 247 g/mol. The standard InChI is InChI=1S/C12H17N5O/c1-9-15-12(16-18-9)3-5-17-8-14-7-11(17)10-2-4-13-6-10/h7-8,10,13H,2-6H2,1H3. The fraction of sp³-hybridized carbons (Fsp3) is 0.583. The summed E-state index contributed by atoms with van der Waals surface area (Å²) in [5, 5.41) is 7.29. The van der Waals surface area contributed by atoms with Crippen molar-refractivity contribution in [3.8, 4) is 0 Å². The van der Waals surface area contributed by atoms with Crippen molar-refractivity contribution in [1.29, 1.82) is 0 Å². The highest BCUT2D eigenvalue weighted by Gasteiger charge is 2.20. The van der Waals surface area contributed by atoms with Crippen LogP contribution in [0.25, 0.3) is 0 Å². The Labute approximate surface area is 105 Å². The van der Waals surface area contributed by atoms with E-state index in [1.54, 1.807) is 0 Å². The molecule has 0 aromatic carbocycles. The first-order valence-corrected chi connectivity index (χ1v) is 6.33. The average Bonchev–Trinajstić information content (AvgIpc) is 3.07. The van der Waals surface area contributed by atoms with E-state index in [0.29, 0.717) is 11.8 Å². The molecule has 1 aliphatic rings. The van der Waals surface area contributed by atoms with Gasteiger partial charge in [0, 0.05) is 44.2 Å². The van der Waals surface area contributed by atoms with E-state index in [1.807, 2.05) is 19.4 Å². The van der Waals surface area contributed by atoms with Crippen LogP contribution in [-0.2, 0) is 13.0 Å². The highest BCUT2D eigenvalue weighted by Crippen LogP contribution is 2.21. The molecular weight excluding hydrogens is 230 g/mol. The van der Waals surface area contributed by atoms with Crippen molar-refractivity contribution in [3.63, 3.8) is 0 Å². The van der Waals surface area contributed by atoms with Crippen molar-refractivity contribution < 1.29 is 4.52 Å². The second-order valence-electron chi connectivity index (χ2n) is 4.68. The number of aryl methyl sites for hydroxylation is 3. The van der Waals surface area contributed by atoms with Crippen LogP contribution in [0.5, 0.6) is 0 Å². The van der Waals surface area contributed by atoms with Gasteiger partial charge >= 0.3 is 0 Å². The Bertz CT molecular complexity index is 512. The molecule has 1 fully saturated rings. The van der Waals surface area contributed by atoms with E-state index in [-0.39, 0.29) is 0 Å². The molecule has 2 aromatic heterocycles. The predicted octanol–water partition coefficient (Wildman–Crippen LogP) is 0.894. The Kier molecular flexibility index (Phi) is 3.10. The molecule has 1 saturated heterocycles. The number of nitrogens with zero attached hydrogens (tertiary/aromatic N) is 4. The fourth-order valence-corrected chi connectivity index (χ4v) is 2.43. The minimum absolute atomic E-state index is 0.583. The number of hydrogen-bond donors (Lipinski definition) is 1. The van der Waals surface area contributed by atoms with Crippen molar-refractivity contribution in [2.24, 2.45) is 0 Å². The zero-order chi connectivity index (χ0) is 12.4. The summed E-state index contributed by atoms with van der Waals surface area (Å²) < 4.78 is 7.17. The van der Waals surface area contributed by atoms with E-state index in [0.717, 1.165) is 31.9 Å². The molecule has 2 aromatic rings. The predicted molar refractivity (Wildman–Crippen MR) is 65.2 cm³/mol. The Morgan fingerprint density at radius 3 is 3.22 bits per heavy atom. The summed E-state index contributed by atoms with van der Waals surface area (Å²) in [6.07, 6.45) is 5.83. The summed E-state index contributed by atoms with van der Waals surface area (Å²) in [6, 6.07) is 0. The van der Waals surface area contributed by atoms with Gasteiger partial charge in [0.1, 0.15) is 0 Å². The van der Waals surface area contributed by atoms with Gasteiger partial charge < -0.3 is 14.4 Å². The maximum atomic E-state index is 4.97. The average molecular weight is 247 g/mol. The summed E-state index contributed by atoms with van der Waals surface area (Å²) in [7, 11) is 0. The molecule has 1 atom stereocenters. The van der Waals surface area contributed by atoms with E-state index in [4.69, 9.17) is 4.52 Å². The van der Waals surface area contributed by atoms with Crippen LogP contribution in [0.4, 0.5) is 0 Å². The molecule has 3 heterocycles. The molecule has 0 radical (unpaired) electrons. The molecule has 0 bridgehead atoms. The first-order valence-electron chi connectivity index (χ1n) is 6.33. The van der Waals surface area contributed by atoms with Gasteiger partial charge in [0.05, 0.1) is 6.33 Å². The molecule has 0 spiro atoms. The molecule has 6 heteroatoms. The van der Waals surface area contributed by atoms with E-state index in [2.05, 4.69) is 25.0 Å². The lowest BCUT2D eigenvalue weighted by molar-refractivity contribution is 0.386. The lowest BCUT2D eigenvalue weighted by atomic mass is 10.1. The first-order chi connectivity index (χ1) is 8.83.